The van der Waals surface area contributed by atoms with Gasteiger partial charge in [-0.1, -0.05) is 39.0 Å². The summed E-state index contributed by atoms with van der Waals surface area (Å²) in [7, 11) is 0. The van der Waals surface area contributed by atoms with Gasteiger partial charge < -0.3 is 5.32 Å². The van der Waals surface area contributed by atoms with Crippen molar-refractivity contribution in [2.45, 2.75) is 52.4 Å². The number of piperidine rings is 1. The van der Waals surface area contributed by atoms with E-state index in [9.17, 15) is 18.0 Å². The van der Waals surface area contributed by atoms with Gasteiger partial charge in [0.2, 0.25) is 5.91 Å². The highest BCUT2D eigenvalue weighted by Crippen LogP contribution is 2.32. The van der Waals surface area contributed by atoms with Crippen molar-refractivity contribution in [3.63, 3.8) is 0 Å². The highest BCUT2D eigenvalue weighted by Gasteiger charge is 2.34. The molecule has 0 radical (unpaired) electrons. The highest BCUT2D eigenvalue weighted by molar-refractivity contribution is 5.81. The molecule has 2 rings (SSSR count). The van der Waals surface area contributed by atoms with E-state index in [-0.39, 0.29) is 24.1 Å². The van der Waals surface area contributed by atoms with Crippen LogP contribution in [0.3, 0.4) is 0 Å². The van der Waals surface area contributed by atoms with Gasteiger partial charge in [-0.3, -0.25) is 9.69 Å². The summed E-state index contributed by atoms with van der Waals surface area (Å²) >= 11 is 0. The van der Waals surface area contributed by atoms with Crippen LogP contribution in [0.25, 0.3) is 0 Å². The fourth-order valence-electron chi connectivity index (χ4n) is 2.89. The lowest BCUT2D eigenvalue weighted by Crippen LogP contribution is -2.50. The van der Waals surface area contributed by atoms with Crippen LogP contribution in [0.15, 0.2) is 24.3 Å². The minimum atomic E-state index is -4.34. The van der Waals surface area contributed by atoms with Crippen molar-refractivity contribution >= 4 is 5.91 Å². The van der Waals surface area contributed by atoms with Crippen LogP contribution in [0.1, 0.15) is 44.7 Å². The van der Waals surface area contributed by atoms with E-state index < -0.39 is 17.2 Å². The van der Waals surface area contributed by atoms with Crippen molar-refractivity contribution < 1.29 is 18.0 Å². The second-order valence-corrected chi connectivity index (χ2v) is 7.45. The van der Waals surface area contributed by atoms with Gasteiger partial charge in [0.25, 0.3) is 0 Å². The predicted octanol–water partition coefficient (Wildman–Crippen LogP) is 3.83. The first-order chi connectivity index (χ1) is 11.1. The van der Waals surface area contributed by atoms with E-state index in [4.69, 9.17) is 0 Å². The Morgan fingerprint density at radius 1 is 1.25 bits per heavy atom. The Labute approximate surface area is 141 Å². The quantitative estimate of drug-likeness (QED) is 0.905. The maximum atomic E-state index is 13.1. The molecule has 24 heavy (non-hydrogen) atoms. The average Bonchev–Trinajstić information content (AvgIpc) is 2.46. The topological polar surface area (TPSA) is 32.3 Å². The monoisotopic (exact) mass is 342 g/mol. The molecule has 1 unspecified atom stereocenters. The van der Waals surface area contributed by atoms with Gasteiger partial charge in [-0.25, -0.2) is 0 Å². The molecule has 134 valence electrons. The zero-order chi connectivity index (χ0) is 18.0. The Morgan fingerprint density at radius 2 is 1.92 bits per heavy atom. The molecule has 1 heterocycles. The largest absolute Gasteiger partial charge is 0.416 e. The van der Waals surface area contributed by atoms with Gasteiger partial charge in [-0.2, -0.15) is 13.2 Å². The molecule has 0 spiro atoms. The number of likely N-dealkylation sites (tertiary alicyclic amines) is 1. The second kappa shape index (κ2) is 7.13. The molecule has 0 aliphatic carbocycles. The van der Waals surface area contributed by atoms with Crippen molar-refractivity contribution in [3.8, 4) is 0 Å². The van der Waals surface area contributed by atoms with Crippen LogP contribution < -0.4 is 5.32 Å². The molecule has 1 atom stereocenters. The van der Waals surface area contributed by atoms with E-state index in [0.717, 1.165) is 25.5 Å². The fourth-order valence-corrected chi connectivity index (χ4v) is 2.89. The molecule has 0 bridgehead atoms. The lowest BCUT2D eigenvalue weighted by molar-refractivity contribution is -0.138. The van der Waals surface area contributed by atoms with Crippen LogP contribution in [0.4, 0.5) is 13.2 Å². The molecule has 1 aliphatic heterocycles. The van der Waals surface area contributed by atoms with E-state index in [1.165, 1.54) is 12.1 Å². The van der Waals surface area contributed by atoms with Gasteiger partial charge in [0.05, 0.1) is 5.56 Å². The summed E-state index contributed by atoms with van der Waals surface area (Å²) < 4.78 is 39.3. The van der Waals surface area contributed by atoms with E-state index in [2.05, 4.69) is 5.32 Å². The summed E-state index contributed by atoms with van der Waals surface area (Å²) in [6.45, 7) is 7.12. The molecule has 1 amide bonds. The molecule has 1 saturated heterocycles. The first-order valence-corrected chi connectivity index (χ1v) is 8.26. The zero-order valence-electron chi connectivity index (χ0n) is 14.4. The number of carbonyl (C=O) groups excluding carboxylic acids is 1. The number of nitrogens with zero attached hydrogens (tertiary/aromatic N) is 1. The Bertz CT molecular complexity index is 578. The number of amides is 1. The minimum absolute atomic E-state index is 0.0106. The second-order valence-electron chi connectivity index (χ2n) is 7.45. The molecule has 6 heteroatoms. The number of hydrogen-bond acceptors (Lipinski definition) is 2. The number of nitrogens with one attached hydrogen (secondary N) is 1. The summed E-state index contributed by atoms with van der Waals surface area (Å²) in [4.78, 5) is 14.1. The third-order valence-electron chi connectivity index (χ3n) is 4.24. The molecule has 0 aromatic heterocycles. The zero-order valence-corrected chi connectivity index (χ0v) is 14.4. The van der Waals surface area contributed by atoms with E-state index >= 15 is 0 Å². The standard InChI is InChI=1S/C18H25F3N2O/c1-17(2,3)16(24)22-14-8-6-10-23(12-14)11-13-7-4-5-9-15(13)18(19,20)21/h4-5,7,9,14H,6,8,10-12H2,1-3H3,(H,22,24). The molecular formula is C18H25F3N2O. The maximum absolute atomic E-state index is 13.1. The van der Waals surface area contributed by atoms with Crippen LogP contribution in [0.5, 0.6) is 0 Å². The predicted molar refractivity (Wildman–Crippen MR) is 87.3 cm³/mol. The van der Waals surface area contributed by atoms with Crippen molar-refractivity contribution in [2.24, 2.45) is 5.41 Å². The molecule has 1 aromatic carbocycles. The molecule has 1 N–H and O–H groups in total. The van der Waals surface area contributed by atoms with E-state index in [1.807, 2.05) is 25.7 Å². The normalized spacial score (nSPS) is 20.0. The Balaban J connectivity index is 2.03. The third-order valence-corrected chi connectivity index (χ3v) is 4.24. The van der Waals surface area contributed by atoms with Crippen molar-refractivity contribution in [1.29, 1.82) is 0 Å². The van der Waals surface area contributed by atoms with Crippen LogP contribution in [0, 0.1) is 5.41 Å². The van der Waals surface area contributed by atoms with Crippen molar-refractivity contribution in [3.05, 3.63) is 35.4 Å². The van der Waals surface area contributed by atoms with Crippen molar-refractivity contribution in [1.82, 2.24) is 10.2 Å². The van der Waals surface area contributed by atoms with Crippen LogP contribution >= 0.6 is 0 Å². The lowest BCUT2D eigenvalue weighted by atomic mass is 9.94. The van der Waals surface area contributed by atoms with E-state index in [1.54, 1.807) is 6.07 Å². The highest BCUT2D eigenvalue weighted by atomic mass is 19.4. The number of benzene rings is 1. The van der Waals surface area contributed by atoms with Crippen molar-refractivity contribution in [2.75, 3.05) is 13.1 Å². The average molecular weight is 342 g/mol. The number of hydrogen-bond donors (Lipinski definition) is 1. The van der Waals surface area contributed by atoms with Gasteiger partial charge in [-0.05, 0) is 31.0 Å². The fraction of sp³-hybridized carbons (Fsp3) is 0.611. The summed E-state index contributed by atoms with van der Waals surface area (Å²) in [6.07, 6.45) is -2.62. The first-order valence-electron chi connectivity index (χ1n) is 8.26. The van der Waals surface area contributed by atoms with Gasteiger partial charge >= 0.3 is 6.18 Å². The van der Waals surface area contributed by atoms with Crippen LogP contribution in [-0.4, -0.2) is 29.9 Å². The minimum Gasteiger partial charge on any atom is -0.352 e. The van der Waals surface area contributed by atoms with Gasteiger partial charge in [0.15, 0.2) is 0 Å². The lowest BCUT2D eigenvalue weighted by Gasteiger charge is -2.35. The number of halogens is 3. The van der Waals surface area contributed by atoms with Gasteiger partial charge in [0, 0.05) is 24.5 Å². The first kappa shape index (κ1) is 18.8. The number of alkyl halides is 3. The van der Waals surface area contributed by atoms with E-state index in [0.29, 0.717) is 6.54 Å². The molecule has 0 saturated carbocycles. The summed E-state index contributed by atoms with van der Waals surface area (Å²) in [5, 5.41) is 3.02. The number of rotatable bonds is 3. The summed E-state index contributed by atoms with van der Waals surface area (Å²) in [5.74, 6) is -0.0231. The Hall–Kier alpha value is -1.56. The van der Waals surface area contributed by atoms with Crippen LogP contribution in [0.2, 0.25) is 0 Å². The molecule has 1 aromatic rings. The third kappa shape index (κ3) is 4.97. The Kier molecular flexibility index (Phi) is 5.58. The summed E-state index contributed by atoms with van der Waals surface area (Å²) in [5.41, 5.74) is -0.760. The maximum Gasteiger partial charge on any atom is 0.416 e. The molecular weight excluding hydrogens is 317 g/mol. The van der Waals surface area contributed by atoms with Crippen LogP contribution in [-0.2, 0) is 17.5 Å². The summed E-state index contributed by atoms with van der Waals surface area (Å²) in [6, 6.07) is 5.68. The van der Waals surface area contributed by atoms with Gasteiger partial charge in [0.1, 0.15) is 0 Å². The number of carbonyl (C=O) groups is 1. The molecule has 1 aliphatic rings. The SMILES string of the molecule is CC(C)(C)C(=O)NC1CCCN(Cc2ccccc2C(F)(F)F)C1. The smallest absolute Gasteiger partial charge is 0.352 e. The van der Waals surface area contributed by atoms with Gasteiger partial charge in [-0.15, -0.1) is 0 Å². The molecule has 3 nitrogen and oxygen atoms in total. The molecule has 1 fully saturated rings. The Morgan fingerprint density at radius 3 is 2.54 bits per heavy atom.